The lowest BCUT2D eigenvalue weighted by molar-refractivity contribution is -0.129. The SMILES string of the molecule is CCCC(CC1CC(=O)c2c(ccc(CC3CCCCC3)c2C)C1)C(CC)C(=O)CC(C)=O. The summed E-state index contributed by atoms with van der Waals surface area (Å²) >= 11 is 0. The number of Topliss-reactive ketones (excluding diaryl/α,β-unsaturated/α-hetero) is 3. The van der Waals surface area contributed by atoms with Crippen molar-refractivity contribution >= 4 is 17.3 Å². The maximum Gasteiger partial charge on any atom is 0.163 e. The van der Waals surface area contributed by atoms with Crippen molar-refractivity contribution in [3.8, 4) is 0 Å². The first-order chi connectivity index (χ1) is 15.8. The summed E-state index contributed by atoms with van der Waals surface area (Å²) < 4.78 is 0. The molecule has 33 heavy (non-hydrogen) atoms. The van der Waals surface area contributed by atoms with Crippen LogP contribution >= 0.6 is 0 Å². The molecule has 2 aliphatic carbocycles. The molecule has 182 valence electrons. The summed E-state index contributed by atoms with van der Waals surface area (Å²) in [5, 5.41) is 0. The molecule has 0 aromatic heterocycles. The van der Waals surface area contributed by atoms with Crippen LogP contribution in [0.4, 0.5) is 0 Å². The van der Waals surface area contributed by atoms with Gasteiger partial charge < -0.3 is 0 Å². The Morgan fingerprint density at radius 2 is 1.76 bits per heavy atom. The molecular formula is C30H44O3. The average molecular weight is 453 g/mol. The average Bonchev–Trinajstić information content (AvgIpc) is 2.76. The molecule has 0 radical (unpaired) electrons. The molecule has 1 aromatic carbocycles. The van der Waals surface area contributed by atoms with Gasteiger partial charge in [0.05, 0.1) is 6.42 Å². The van der Waals surface area contributed by atoms with Gasteiger partial charge in [-0.05, 0) is 74.0 Å². The highest BCUT2D eigenvalue weighted by molar-refractivity contribution is 6.00. The van der Waals surface area contributed by atoms with Gasteiger partial charge in [0, 0.05) is 17.9 Å². The van der Waals surface area contributed by atoms with E-state index >= 15 is 0 Å². The fourth-order valence-corrected chi connectivity index (χ4v) is 6.69. The van der Waals surface area contributed by atoms with Crippen molar-refractivity contribution in [1.82, 2.24) is 0 Å². The zero-order valence-corrected chi connectivity index (χ0v) is 21.4. The fraction of sp³-hybridized carbons (Fsp3) is 0.700. The van der Waals surface area contributed by atoms with E-state index in [2.05, 4.69) is 32.9 Å². The summed E-state index contributed by atoms with van der Waals surface area (Å²) in [4.78, 5) is 37.6. The van der Waals surface area contributed by atoms with E-state index < -0.39 is 0 Å². The molecule has 3 unspecified atom stereocenters. The van der Waals surface area contributed by atoms with Gasteiger partial charge in [0.1, 0.15) is 11.6 Å². The summed E-state index contributed by atoms with van der Waals surface area (Å²) in [6, 6.07) is 4.50. The van der Waals surface area contributed by atoms with Crippen molar-refractivity contribution in [3.05, 3.63) is 34.4 Å². The van der Waals surface area contributed by atoms with Gasteiger partial charge in [-0.2, -0.15) is 0 Å². The second-order valence-corrected chi connectivity index (χ2v) is 10.9. The predicted molar refractivity (Wildman–Crippen MR) is 135 cm³/mol. The van der Waals surface area contributed by atoms with Gasteiger partial charge in [-0.25, -0.2) is 0 Å². The fourth-order valence-electron chi connectivity index (χ4n) is 6.69. The molecule has 1 fully saturated rings. The Bertz CT molecular complexity index is 846. The van der Waals surface area contributed by atoms with Crippen LogP contribution in [-0.4, -0.2) is 17.3 Å². The van der Waals surface area contributed by atoms with Crippen molar-refractivity contribution in [3.63, 3.8) is 0 Å². The number of carbonyl (C=O) groups is 3. The molecule has 3 atom stereocenters. The van der Waals surface area contributed by atoms with Crippen molar-refractivity contribution in [2.45, 2.75) is 111 Å². The molecule has 2 aliphatic rings. The minimum atomic E-state index is -0.0649. The third-order valence-corrected chi connectivity index (χ3v) is 8.30. The molecule has 3 heteroatoms. The highest BCUT2D eigenvalue weighted by atomic mass is 16.1. The molecular weight excluding hydrogens is 408 g/mol. The maximum atomic E-state index is 13.3. The standard InChI is InChI=1S/C30H44O3/c1-5-10-25(27(6-2)28(32)15-20(3)31)17-23-18-26-14-13-24(16-22-11-8-7-9-12-22)21(4)30(26)29(33)19-23/h13-14,22-23,25,27H,5-12,15-19H2,1-4H3. The molecule has 3 rings (SSSR count). The van der Waals surface area contributed by atoms with Crippen LogP contribution < -0.4 is 0 Å². The molecule has 0 spiro atoms. The van der Waals surface area contributed by atoms with E-state index in [0.717, 1.165) is 50.0 Å². The van der Waals surface area contributed by atoms with Crippen molar-refractivity contribution in [2.24, 2.45) is 23.7 Å². The van der Waals surface area contributed by atoms with Crippen molar-refractivity contribution in [2.75, 3.05) is 0 Å². The smallest absolute Gasteiger partial charge is 0.163 e. The van der Waals surface area contributed by atoms with Gasteiger partial charge in [0.25, 0.3) is 0 Å². The summed E-state index contributed by atoms with van der Waals surface area (Å²) in [5.41, 5.74) is 4.79. The molecule has 0 saturated heterocycles. The predicted octanol–water partition coefficient (Wildman–Crippen LogP) is 7.24. The summed E-state index contributed by atoms with van der Waals surface area (Å²) in [7, 11) is 0. The zero-order valence-electron chi connectivity index (χ0n) is 21.4. The lowest BCUT2D eigenvalue weighted by atomic mass is 9.71. The van der Waals surface area contributed by atoms with Gasteiger partial charge in [-0.15, -0.1) is 0 Å². The van der Waals surface area contributed by atoms with Gasteiger partial charge in [-0.3, -0.25) is 14.4 Å². The van der Waals surface area contributed by atoms with Crippen molar-refractivity contribution < 1.29 is 14.4 Å². The van der Waals surface area contributed by atoms with Gasteiger partial charge >= 0.3 is 0 Å². The lowest BCUT2D eigenvalue weighted by Crippen LogP contribution is -2.30. The van der Waals surface area contributed by atoms with Crippen LogP contribution in [0, 0.1) is 30.6 Å². The van der Waals surface area contributed by atoms with Crippen LogP contribution in [0.3, 0.4) is 0 Å². The Labute approximate surface area is 201 Å². The second-order valence-electron chi connectivity index (χ2n) is 10.9. The van der Waals surface area contributed by atoms with Gasteiger partial charge in [-0.1, -0.05) is 70.9 Å². The molecule has 0 bridgehead atoms. The number of ketones is 3. The van der Waals surface area contributed by atoms with E-state index in [1.165, 1.54) is 55.7 Å². The van der Waals surface area contributed by atoms with E-state index in [9.17, 15) is 14.4 Å². The second kappa shape index (κ2) is 12.1. The Morgan fingerprint density at radius 1 is 1.03 bits per heavy atom. The van der Waals surface area contributed by atoms with E-state index in [-0.39, 0.29) is 29.8 Å². The maximum absolute atomic E-state index is 13.3. The highest BCUT2D eigenvalue weighted by Gasteiger charge is 2.33. The molecule has 0 heterocycles. The highest BCUT2D eigenvalue weighted by Crippen LogP contribution is 2.38. The Morgan fingerprint density at radius 3 is 2.39 bits per heavy atom. The minimum Gasteiger partial charge on any atom is -0.300 e. The van der Waals surface area contributed by atoms with Gasteiger partial charge in [0.15, 0.2) is 5.78 Å². The zero-order chi connectivity index (χ0) is 24.0. The first kappa shape index (κ1) is 25.8. The summed E-state index contributed by atoms with van der Waals surface area (Å²) in [6.07, 6.45) is 13.1. The number of hydrogen-bond acceptors (Lipinski definition) is 3. The van der Waals surface area contributed by atoms with Crippen LogP contribution in [0.5, 0.6) is 0 Å². The first-order valence-electron chi connectivity index (χ1n) is 13.5. The first-order valence-corrected chi connectivity index (χ1v) is 13.5. The Balaban J connectivity index is 1.73. The van der Waals surface area contributed by atoms with E-state index in [4.69, 9.17) is 0 Å². The Hall–Kier alpha value is -1.77. The topological polar surface area (TPSA) is 51.2 Å². The summed E-state index contributed by atoms with van der Waals surface area (Å²) in [6.45, 7) is 7.88. The number of rotatable bonds is 11. The Kier molecular flexibility index (Phi) is 9.47. The number of fused-ring (bicyclic) bond motifs is 1. The monoisotopic (exact) mass is 452 g/mol. The summed E-state index contributed by atoms with van der Waals surface area (Å²) in [5.74, 6) is 1.61. The van der Waals surface area contributed by atoms with Crippen LogP contribution in [0.25, 0.3) is 0 Å². The van der Waals surface area contributed by atoms with Crippen LogP contribution in [0.2, 0.25) is 0 Å². The third-order valence-electron chi connectivity index (χ3n) is 8.30. The number of carbonyl (C=O) groups excluding carboxylic acids is 3. The minimum absolute atomic E-state index is 0.0463. The third kappa shape index (κ3) is 6.64. The molecule has 3 nitrogen and oxygen atoms in total. The molecule has 0 amide bonds. The number of benzene rings is 1. The molecule has 1 aromatic rings. The van der Waals surface area contributed by atoms with Crippen LogP contribution in [0.15, 0.2) is 12.1 Å². The lowest BCUT2D eigenvalue weighted by Gasteiger charge is -2.32. The van der Waals surface area contributed by atoms with Crippen molar-refractivity contribution in [1.29, 1.82) is 0 Å². The molecule has 0 N–H and O–H groups in total. The molecule has 1 saturated carbocycles. The molecule has 0 aliphatic heterocycles. The van der Waals surface area contributed by atoms with E-state index in [0.29, 0.717) is 18.1 Å². The van der Waals surface area contributed by atoms with Crippen LogP contribution in [0.1, 0.15) is 118 Å². The van der Waals surface area contributed by atoms with E-state index in [1.807, 2.05) is 0 Å². The largest absolute Gasteiger partial charge is 0.300 e. The van der Waals surface area contributed by atoms with E-state index in [1.54, 1.807) is 0 Å². The quantitative estimate of drug-likeness (QED) is 0.332. The number of hydrogen-bond donors (Lipinski definition) is 0. The van der Waals surface area contributed by atoms with Crippen LogP contribution in [-0.2, 0) is 22.4 Å². The van der Waals surface area contributed by atoms with Gasteiger partial charge in [0.2, 0.25) is 0 Å². The normalized spacial score (nSPS) is 20.8.